The van der Waals surface area contributed by atoms with E-state index >= 15 is 0 Å². The lowest BCUT2D eigenvalue weighted by atomic mass is 10.1. The third-order valence-electron chi connectivity index (χ3n) is 5.26. The molecule has 2 heterocycles. The van der Waals surface area contributed by atoms with Crippen molar-refractivity contribution in [3.8, 4) is 5.75 Å². The zero-order valence-electron chi connectivity index (χ0n) is 17.0. The number of para-hydroxylation sites is 1. The lowest BCUT2D eigenvalue weighted by Gasteiger charge is -2.26. The summed E-state index contributed by atoms with van der Waals surface area (Å²) in [5.74, 6) is -0.443. The number of nitrogens with zero attached hydrogens (tertiary/aromatic N) is 1. The summed E-state index contributed by atoms with van der Waals surface area (Å²) < 4.78 is 37.9. The summed E-state index contributed by atoms with van der Waals surface area (Å²) in [4.78, 5) is 25.2. The second-order valence-corrected chi connectivity index (χ2v) is 9.20. The lowest BCUT2D eigenvalue weighted by molar-refractivity contribution is 0.102. The summed E-state index contributed by atoms with van der Waals surface area (Å²) in [6.45, 7) is 0.933. The molecule has 1 aromatic heterocycles. The first kappa shape index (κ1) is 21.1. The van der Waals surface area contributed by atoms with Gasteiger partial charge < -0.3 is 14.5 Å². The topological polar surface area (TPSA) is 106 Å². The number of sulfonamides is 1. The normalized spacial score (nSPS) is 15.0. The van der Waals surface area contributed by atoms with Crippen LogP contribution in [0.3, 0.4) is 0 Å². The molecule has 0 saturated carbocycles. The highest BCUT2D eigenvalue weighted by molar-refractivity contribution is 7.89. The number of benzene rings is 2. The number of rotatable bonds is 5. The van der Waals surface area contributed by atoms with Crippen molar-refractivity contribution in [2.75, 3.05) is 25.5 Å². The highest BCUT2D eigenvalue weighted by atomic mass is 32.2. The Morgan fingerprint density at radius 1 is 1.06 bits per heavy atom. The molecule has 1 aliphatic rings. The molecule has 8 nitrogen and oxygen atoms in total. The van der Waals surface area contributed by atoms with Gasteiger partial charge in [0.1, 0.15) is 16.9 Å². The number of amides is 1. The van der Waals surface area contributed by atoms with E-state index in [9.17, 15) is 18.0 Å². The summed E-state index contributed by atoms with van der Waals surface area (Å²) in [6, 6.07) is 12.6. The average molecular weight is 442 g/mol. The number of piperidine rings is 1. The smallest absolute Gasteiger partial charge is 0.349 e. The third kappa shape index (κ3) is 4.19. The van der Waals surface area contributed by atoms with Crippen molar-refractivity contribution in [1.82, 2.24) is 4.31 Å². The Labute approximate surface area is 179 Å². The molecule has 0 spiro atoms. The molecule has 0 atom stereocenters. The zero-order chi connectivity index (χ0) is 22.0. The highest BCUT2D eigenvalue weighted by Gasteiger charge is 2.27. The van der Waals surface area contributed by atoms with Crippen molar-refractivity contribution in [1.29, 1.82) is 0 Å². The fraction of sp³-hybridized carbons (Fsp3) is 0.273. The molecule has 1 fully saturated rings. The van der Waals surface area contributed by atoms with E-state index in [1.807, 2.05) is 0 Å². The number of ether oxygens (including phenoxy) is 1. The maximum atomic E-state index is 13.0. The van der Waals surface area contributed by atoms with Crippen molar-refractivity contribution in [2.45, 2.75) is 24.2 Å². The number of nitrogens with one attached hydrogen (secondary N) is 1. The molecule has 1 saturated heterocycles. The molecule has 31 heavy (non-hydrogen) atoms. The van der Waals surface area contributed by atoms with E-state index in [1.165, 1.54) is 35.7 Å². The number of anilines is 1. The monoisotopic (exact) mass is 442 g/mol. The molecule has 1 amide bonds. The van der Waals surface area contributed by atoms with Gasteiger partial charge in [0, 0.05) is 18.5 Å². The number of fused-ring (bicyclic) bond motifs is 1. The molecular weight excluding hydrogens is 420 g/mol. The van der Waals surface area contributed by atoms with Crippen molar-refractivity contribution >= 4 is 32.6 Å². The summed E-state index contributed by atoms with van der Waals surface area (Å²) in [6.07, 6.45) is 2.64. The Morgan fingerprint density at radius 3 is 2.55 bits per heavy atom. The fourth-order valence-corrected chi connectivity index (χ4v) is 5.15. The van der Waals surface area contributed by atoms with Gasteiger partial charge in [0.2, 0.25) is 10.0 Å². The second-order valence-electron chi connectivity index (χ2n) is 7.27. The Balaban J connectivity index is 1.68. The summed E-state index contributed by atoms with van der Waals surface area (Å²) in [5, 5.41) is 3.19. The fourth-order valence-electron chi connectivity index (χ4n) is 3.61. The van der Waals surface area contributed by atoms with Crippen LogP contribution in [0.5, 0.6) is 5.75 Å². The van der Waals surface area contributed by atoms with E-state index in [0.717, 1.165) is 19.3 Å². The Hall–Kier alpha value is -3.17. The van der Waals surface area contributed by atoms with Crippen LogP contribution in [0.2, 0.25) is 0 Å². The standard InChI is InChI=1S/C22H22N2O6S/c1-29-20-10-9-16(31(27,28)24-11-5-2-6-12-24)14-18(20)23-21(25)17-13-15-7-3-4-8-19(15)30-22(17)26/h3-4,7-10,13-14H,2,5-6,11-12H2,1H3,(H,23,25). The van der Waals surface area contributed by atoms with E-state index in [4.69, 9.17) is 9.15 Å². The molecule has 2 aromatic carbocycles. The maximum absolute atomic E-state index is 13.0. The van der Waals surface area contributed by atoms with Crippen LogP contribution >= 0.6 is 0 Å². The molecule has 3 aromatic rings. The number of methoxy groups -OCH3 is 1. The van der Waals surface area contributed by atoms with Gasteiger partial charge in [0.15, 0.2) is 0 Å². The Kier molecular flexibility index (Phi) is 5.79. The van der Waals surface area contributed by atoms with Gasteiger partial charge in [-0.1, -0.05) is 24.6 Å². The summed E-state index contributed by atoms with van der Waals surface area (Å²) in [7, 11) is -2.29. The molecule has 4 rings (SSSR count). The predicted octanol–water partition coefficient (Wildman–Crippen LogP) is 3.23. The van der Waals surface area contributed by atoms with Crippen LogP contribution in [0.1, 0.15) is 29.6 Å². The highest BCUT2D eigenvalue weighted by Crippen LogP contribution is 2.30. The van der Waals surface area contributed by atoms with Gasteiger partial charge in [-0.3, -0.25) is 4.79 Å². The Morgan fingerprint density at radius 2 is 1.81 bits per heavy atom. The third-order valence-corrected chi connectivity index (χ3v) is 7.15. The van der Waals surface area contributed by atoms with E-state index in [-0.39, 0.29) is 21.9 Å². The first-order valence-electron chi connectivity index (χ1n) is 9.92. The van der Waals surface area contributed by atoms with Crippen LogP contribution in [0.25, 0.3) is 11.0 Å². The van der Waals surface area contributed by atoms with Gasteiger partial charge >= 0.3 is 5.63 Å². The first-order valence-corrected chi connectivity index (χ1v) is 11.4. The van der Waals surface area contributed by atoms with Crippen LogP contribution in [0, 0.1) is 0 Å². The van der Waals surface area contributed by atoms with E-state index in [0.29, 0.717) is 24.1 Å². The quantitative estimate of drug-likeness (QED) is 0.608. The Bertz CT molecular complexity index is 1290. The maximum Gasteiger partial charge on any atom is 0.349 e. The molecule has 0 bridgehead atoms. The van der Waals surface area contributed by atoms with Gasteiger partial charge in [0.05, 0.1) is 17.7 Å². The number of carbonyl (C=O) groups is 1. The van der Waals surface area contributed by atoms with Crippen LogP contribution in [0.15, 0.2) is 62.6 Å². The number of hydrogen-bond donors (Lipinski definition) is 1. The number of carbonyl (C=O) groups excluding carboxylic acids is 1. The van der Waals surface area contributed by atoms with Gasteiger partial charge in [-0.25, -0.2) is 13.2 Å². The lowest BCUT2D eigenvalue weighted by Crippen LogP contribution is -2.35. The second kappa shape index (κ2) is 8.52. The van der Waals surface area contributed by atoms with Gasteiger partial charge in [-0.05, 0) is 43.2 Å². The molecule has 1 N–H and O–H groups in total. The van der Waals surface area contributed by atoms with Crippen LogP contribution in [-0.2, 0) is 10.0 Å². The molecule has 0 unspecified atom stereocenters. The first-order chi connectivity index (χ1) is 14.9. The minimum Gasteiger partial charge on any atom is -0.495 e. The average Bonchev–Trinajstić information content (AvgIpc) is 2.79. The van der Waals surface area contributed by atoms with Crippen molar-refractivity contribution in [3.05, 3.63) is 64.5 Å². The molecule has 0 radical (unpaired) electrons. The molecule has 162 valence electrons. The van der Waals surface area contributed by atoms with E-state index < -0.39 is 21.6 Å². The molecular formula is C22H22N2O6S. The molecule has 9 heteroatoms. The van der Waals surface area contributed by atoms with Crippen molar-refractivity contribution in [3.63, 3.8) is 0 Å². The summed E-state index contributed by atoms with van der Waals surface area (Å²) in [5.41, 5.74) is -0.452. The van der Waals surface area contributed by atoms with Gasteiger partial charge in [-0.15, -0.1) is 0 Å². The number of hydrogen-bond acceptors (Lipinski definition) is 6. The van der Waals surface area contributed by atoms with Crippen LogP contribution < -0.4 is 15.7 Å². The van der Waals surface area contributed by atoms with Crippen molar-refractivity contribution in [2.24, 2.45) is 0 Å². The molecule has 1 aliphatic heterocycles. The molecule has 0 aliphatic carbocycles. The minimum atomic E-state index is -3.70. The van der Waals surface area contributed by atoms with Crippen LogP contribution in [-0.4, -0.2) is 38.8 Å². The largest absolute Gasteiger partial charge is 0.495 e. The zero-order valence-corrected chi connectivity index (χ0v) is 17.8. The summed E-state index contributed by atoms with van der Waals surface area (Å²) >= 11 is 0. The van der Waals surface area contributed by atoms with E-state index in [1.54, 1.807) is 24.3 Å². The van der Waals surface area contributed by atoms with Crippen molar-refractivity contribution < 1.29 is 22.4 Å². The van der Waals surface area contributed by atoms with Crippen LogP contribution in [0.4, 0.5) is 5.69 Å². The van der Waals surface area contributed by atoms with E-state index in [2.05, 4.69) is 5.32 Å². The minimum absolute atomic E-state index is 0.0519. The van der Waals surface area contributed by atoms with Gasteiger partial charge in [-0.2, -0.15) is 4.31 Å². The predicted molar refractivity (Wildman–Crippen MR) is 116 cm³/mol. The SMILES string of the molecule is COc1ccc(S(=O)(=O)N2CCCCC2)cc1NC(=O)c1cc2ccccc2oc1=O. The van der Waals surface area contributed by atoms with Gasteiger partial charge in [0.25, 0.3) is 5.91 Å².